The van der Waals surface area contributed by atoms with E-state index < -0.39 is 10.0 Å². The van der Waals surface area contributed by atoms with E-state index in [9.17, 15) is 8.42 Å². The van der Waals surface area contributed by atoms with E-state index in [-0.39, 0.29) is 17.1 Å². The lowest BCUT2D eigenvalue weighted by Crippen LogP contribution is -2.28. The number of sulfonamides is 1. The maximum Gasteiger partial charge on any atom is 0.242 e. The summed E-state index contributed by atoms with van der Waals surface area (Å²) in [5, 5.41) is 0. The Morgan fingerprint density at radius 2 is 2.12 bits per heavy atom. The topological polar surface area (TPSA) is 81.4 Å². The van der Waals surface area contributed by atoms with Gasteiger partial charge in [-0.05, 0) is 18.6 Å². The molecule has 0 radical (unpaired) electrons. The Kier molecular flexibility index (Phi) is 4.28. The van der Waals surface area contributed by atoms with Crippen molar-refractivity contribution < 1.29 is 13.2 Å². The highest BCUT2D eigenvalue weighted by Gasteiger charge is 2.18. The molecule has 1 rings (SSSR count). The van der Waals surface area contributed by atoms with Crippen LogP contribution in [0.1, 0.15) is 5.56 Å². The normalized spacial score (nSPS) is 11.6. The van der Waals surface area contributed by atoms with Gasteiger partial charge in [0.1, 0.15) is 4.90 Å². The number of hydrogen-bond acceptors (Lipinski definition) is 4. The molecule has 0 saturated heterocycles. The minimum Gasteiger partial charge on any atom is -0.398 e. The molecule has 0 aromatic heterocycles. The molecule has 6 heteroatoms. The highest BCUT2D eigenvalue weighted by atomic mass is 32.2. The summed E-state index contributed by atoms with van der Waals surface area (Å²) >= 11 is 0. The van der Waals surface area contributed by atoms with Gasteiger partial charge in [-0.2, -0.15) is 0 Å². The van der Waals surface area contributed by atoms with Crippen LogP contribution in [0.2, 0.25) is 0 Å². The van der Waals surface area contributed by atoms with Crippen molar-refractivity contribution in [3.05, 3.63) is 23.8 Å². The average molecular weight is 244 g/mol. The molecule has 0 bridgehead atoms. The van der Waals surface area contributed by atoms with Gasteiger partial charge in [-0.1, -0.05) is 12.1 Å². The van der Waals surface area contributed by atoms with Crippen molar-refractivity contribution in [2.45, 2.75) is 11.8 Å². The molecule has 0 aliphatic heterocycles. The van der Waals surface area contributed by atoms with Crippen LogP contribution in [-0.4, -0.2) is 28.7 Å². The lowest BCUT2D eigenvalue weighted by atomic mass is 10.2. The van der Waals surface area contributed by atoms with Gasteiger partial charge >= 0.3 is 0 Å². The molecule has 5 nitrogen and oxygen atoms in total. The molecule has 90 valence electrons. The van der Waals surface area contributed by atoms with Crippen LogP contribution in [0.25, 0.3) is 0 Å². The Labute approximate surface area is 95.7 Å². The second kappa shape index (κ2) is 5.29. The number of rotatable bonds is 5. The molecule has 0 aliphatic rings. The third-order valence-corrected chi connectivity index (χ3v) is 3.79. The molecular weight excluding hydrogens is 228 g/mol. The van der Waals surface area contributed by atoms with Crippen LogP contribution in [0.3, 0.4) is 0 Å². The van der Waals surface area contributed by atoms with E-state index in [4.69, 9.17) is 10.5 Å². The molecule has 0 heterocycles. The lowest BCUT2D eigenvalue weighted by Gasteiger charge is -2.11. The molecule has 0 amide bonds. The van der Waals surface area contributed by atoms with Gasteiger partial charge in [-0.15, -0.1) is 0 Å². The predicted molar refractivity (Wildman–Crippen MR) is 62.7 cm³/mol. The quantitative estimate of drug-likeness (QED) is 0.584. The van der Waals surface area contributed by atoms with Gasteiger partial charge in [-0.3, -0.25) is 0 Å². The monoisotopic (exact) mass is 244 g/mol. The highest BCUT2D eigenvalue weighted by Crippen LogP contribution is 2.21. The fourth-order valence-corrected chi connectivity index (χ4v) is 2.76. The van der Waals surface area contributed by atoms with E-state index in [0.29, 0.717) is 12.2 Å². The number of aryl methyl sites for hydroxylation is 1. The van der Waals surface area contributed by atoms with Gasteiger partial charge in [0.15, 0.2) is 0 Å². The number of benzene rings is 1. The second-order valence-corrected chi connectivity index (χ2v) is 5.09. The standard InChI is InChI=1S/C10H16N2O3S/c1-8-4-3-5-9(11)10(8)16(13,14)12-6-7-15-2/h3-5,12H,6-7,11H2,1-2H3. The van der Waals surface area contributed by atoms with Crippen LogP contribution in [-0.2, 0) is 14.8 Å². The van der Waals surface area contributed by atoms with Gasteiger partial charge < -0.3 is 10.5 Å². The van der Waals surface area contributed by atoms with Gasteiger partial charge in [0.25, 0.3) is 0 Å². The number of nitrogens with two attached hydrogens (primary N) is 1. The number of anilines is 1. The third kappa shape index (κ3) is 2.94. The number of hydrogen-bond donors (Lipinski definition) is 2. The first-order valence-corrected chi connectivity index (χ1v) is 6.31. The molecule has 0 atom stereocenters. The largest absolute Gasteiger partial charge is 0.398 e. The van der Waals surface area contributed by atoms with E-state index in [0.717, 1.165) is 0 Å². The van der Waals surface area contributed by atoms with E-state index in [1.807, 2.05) is 0 Å². The third-order valence-electron chi connectivity index (χ3n) is 2.11. The first kappa shape index (κ1) is 13.0. The van der Waals surface area contributed by atoms with E-state index in [1.165, 1.54) is 7.11 Å². The van der Waals surface area contributed by atoms with Crippen LogP contribution in [0.15, 0.2) is 23.1 Å². The summed E-state index contributed by atoms with van der Waals surface area (Å²) in [4.78, 5) is 0.145. The fraction of sp³-hybridized carbons (Fsp3) is 0.400. The zero-order valence-electron chi connectivity index (χ0n) is 9.36. The fourth-order valence-electron chi connectivity index (χ4n) is 1.39. The highest BCUT2D eigenvalue weighted by molar-refractivity contribution is 7.89. The summed E-state index contributed by atoms with van der Waals surface area (Å²) in [5.41, 5.74) is 6.55. The summed E-state index contributed by atoms with van der Waals surface area (Å²) < 4.78 is 31.0. The number of methoxy groups -OCH3 is 1. The van der Waals surface area contributed by atoms with Gasteiger partial charge in [0, 0.05) is 13.7 Å². The molecule has 16 heavy (non-hydrogen) atoms. The van der Waals surface area contributed by atoms with Crippen molar-refractivity contribution in [2.24, 2.45) is 0 Å². The molecule has 0 aliphatic carbocycles. The van der Waals surface area contributed by atoms with Crippen molar-refractivity contribution in [3.63, 3.8) is 0 Å². The Morgan fingerprint density at radius 1 is 1.44 bits per heavy atom. The molecule has 1 aromatic carbocycles. The minimum absolute atomic E-state index is 0.145. The molecule has 0 unspecified atom stereocenters. The number of nitrogens with one attached hydrogen (secondary N) is 1. The van der Waals surface area contributed by atoms with Crippen molar-refractivity contribution in [3.8, 4) is 0 Å². The molecular formula is C10H16N2O3S. The van der Waals surface area contributed by atoms with Crippen molar-refractivity contribution >= 4 is 15.7 Å². The summed E-state index contributed by atoms with van der Waals surface area (Å²) in [6.45, 7) is 2.26. The number of nitrogen functional groups attached to an aromatic ring is 1. The molecule has 0 spiro atoms. The smallest absolute Gasteiger partial charge is 0.242 e. The van der Waals surface area contributed by atoms with Crippen LogP contribution in [0, 0.1) is 6.92 Å². The lowest BCUT2D eigenvalue weighted by molar-refractivity contribution is 0.204. The summed E-state index contributed by atoms with van der Waals surface area (Å²) in [6, 6.07) is 5.00. The Balaban J connectivity index is 2.98. The SMILES string of the molecule is COCCNS(=O)(=O)c1c(C)cccc1N. The van der Waals surface area contributed by atoms with E-state index >= 15 is 0 Å². The zero-order valence-corrected chi connectivity index (χ0v) is 10.2. The Morgan fingerprint density at radius 3 is 2.69 bits per heavy atom. The van der Waals surface area contributed by atoms with Crippen molar-refractivity contribution in [2.75, 3.05) is 26.0 Å². The van der Waals surface area contributed by atoms with Gasteiger partial charge in [0.05, 0.1) is 12.3 Å². The molecule has 1 aromatic rings. The first-order chi connectivity index (χ1) is 7.49. The number of ether oxygens (including phenoxy) is 1. The minimum atomic E-state index is -3.55. The van der Waals surface area contributed by atoms with E-state index in [1.54, 1.807) is 25.1 Å². The van der Waals surface area contributed by atoms with Crippen LogP contribution >= 0.6 is 0 Å². The van der Waals surface area contributed by atoms with E-state index in [2.05, 4.69) is 4.72 Å². The van der Waals surface area contributed by atoms with Crippen LogP contribution in [0.5, 0.6) is 0 Å². The van der Waals surface area contributed by atoms with Crippen molar-refractivity contribution in [1.29, 1.82) is 0 Å². The average Bonchev–Trinajstić information content (AvgIpc) is 2.17. The first-order valence-electron chi connectivity index (χ1n) is 4.82. The maximum absolute atomic E-state index is 11.9. The van der Waals surface area contributed by atoms with Crippen LogP contribution < -0.4 is 10.5 Å². The second-order valence-electron chi connectivity index (χ2n) is 3.38. The summed E-state index contributed by atoms with van der Waals surface area (Å²) in [6.07, 6.45) is 0. The Bertz CT molecular complexity index is 437. The summed E-state index contributed by atoms with van der Waals surface area (Å²) in [7, 11) is -2.04. The van der Waals surface area contributed by atoms with Crippen molar-refractivity contribution in [1.82, 2.24) is 4.72 Å². The maximum atomic E-state index is 11.9. The summed E-state index contributed by atoms with van der Waals surface area (Å²) in [5.74, 6) is 0. The molecule has 3 N–H and O–H groups in total. The molecule has 0 fully saturated rings. The Hall–Kier alpha value is -1.11. The van der Waals surface area contributed by atoms with Gasteiger partial charge in [0.2, 0.25) is 10.0 Å². The van der Waals surface area contributed by atoms with Crippen LogP contribution in [0.4, 0.5) is 5.69 Å². The zero-order chi connectivity index (χ0) is 12.2. The molecule has 0 saturated carbocycles. The van der Waals surface area contributed by atoms with Gasteiger partial charge in [-0.25, -0.2) is 13.1 Å². The predicted octanol–water partition coefficient (Wildman–Crippen LogP) is 0.502.